The van der Waals surface area contributed by atoms with Crippen molar-refractivity contribution in [1.29, 1.82) is 0 Å². The van der Waals surface area contributed by atoms with Gasteiger partial charge in [0.25, 0.3) is 0 Å². The molecule has 7 heteroatoms. The fourth-order valence-corrected chi connectivity index (χ4v) is 2.74. The summed E-state index contributed by atoms with van der Waals surface area (Å²) < 4.78 is 5.40. The maximum Gasteiger partial charge on any atom is 0.249 e. The van der Waals surface area contributed by atoms with Crippen molar-refractivity contribution in [3.8, 4) is 11.4 Å². The van der Waals surface area contributed by atoms with Crippen molar-refractivity contribution < 1.29 is 9.32 Å². The Balaban J connectivity index is 1.69. The van der Waals surface area contributed by atoms with Gasteiger partial charge in [-0.2, -0.15) is 4.98 Å². The number of pyridine rings is 1. The van der Waals surface area contributed by atoms with Gasteiger partial charge in [0.15, 0.2) is 0 Å². The minimum absolute atomic E-state index is 0.0732. The number of hydrogen-bond acceptors (Lipinski definition) is 6. The Morgan fingerprint density at radius 2 is 1.96 bits per heavy atom. The molecule has 0 aliphatic carbocycles. The lowest BCUT2D eigenvalue weighted by molar-refractivity contribution is -0.122. The summed E-state index contributed by atoms with van der Waals surface area (Å²) in [6.45, 7) is 3.96. The molecule has 0 radical (unpaired) electrons. The zero-order chi connectivity index (χ0) is 19.2. The van der Waals surface area contributed by atoms with Gasteiger partial charge in [0.1, 0.15) is 6.04 Å². The molecule has 7 nitrogen and oxygen atoms in total. The van der Waals surface area contributed by atoms with Crippen LogP contribution in [0.5, 0.6) is 0 Å². The molecule has 0 spiro atoms. The van der Waals surface area contributed by atoms with Crippen LogP contribution in [0.4, 0.5) is 0 Å². The third kappa shape index (κ3) is 4.77. The first-order valence-electron chi connectivity index (χ1n) is 8.88. The van der Waals surface area contributed by atoms with Crippen molar-refractivity contribution in [2.75, 3.05) is 0 Å². The highest BCUT2D eigenvalue weighted by Crippen LogP contribution is 2.24. The number of carbonyl (C=O) groups is 1. The predicted molar refractivity (Wildman–Crippen MR) is 101 cm³/mol. The van der Waals surface area contributed by atoms with Gasteiger partial charge in [-0.1, -0.05) is 49.3 Å². The first kappa shape index (κ1) is 18.7. The van der Waals surface area contributed by atoms with Gasteiger partial charge in [-0.3, -0.25) is 9.78 Å². The van der Waals surface area contributed by atoms with Gasteiger partial charge in [0.05, 0.1) is 0 Å². The van der Waals surface area contributed by atoms with E-state index in [4.69, 9.17) is 10.3 Å². The quantitative estimate of drug-likeness (QED) is 0.666. The number of nitrogens with one attached hydrogen (secondary N) is 1. The van der Waals surface area contributed by atoms with E-state index in [-0.39, 0.29) is 24.3 Å². The molecule has 0 bridgehead atoms. The standard InChI is InChI=1S/C20H23N5O2/c1-13(2)18(20-24-19(25-27-20)15-9-6-10-22-12-15)23-17(26)11-16(21)14-7-4-3-5-8-14/h3-10,12-13,16,18H,11,21H2,1-2H3,(H,23,26). The second-order valence-electron chi connectivity index (χ2n) is 6.71. The highest BCUT2D eigenvalue weighted by molar-refractivity contribution is 5.77. The van der Waals surface area contributed by atoms with Crippen molar-refractivity contribution in [1.82, 2.24) is 20.4 Å². The summed E-state index contributed by atoms with van der Waals surface area (Å²) in [6.07, 6.45) is 3.52. The van der Waals surface area contributed by atoms with Crippen LogP contribution in [-0.4, -0.2) is 21.0 Å². The highest BCUT2D eigenvalue weighted by Gasteiger charge is 2.25. The Morgan fingerprint density at radius 1 is 1.19 bits per heavy atom. The van der Waals surface area contributed by atoms with Crippen molar-refractivity contribution in [3.05, 3.63) is 66.3 Å². The second kappa shape index (κ2) is 8.55. The number of carbonyl (C=O) groups excluding carboxylic acids is 1. The fourth-order valence-electron chi connectivity index (χ4n) is 2.74. The van der Waals surface area contributed by atoms with Crippen LogP contribution in [0.25, 0.3) is 11.4 Å². The lowest BCUT2D eigenvalue weighted by Gasteiger charge is -2.20. The summed E-state index contributed by atoms with van der Waals surface area (Å²) in [5.74, 6) is 0.722. The van der Waals surface area contributed by atoms with E-state index in [1.165, 1.54) is 0 Å². The third-order valence-corrected chi connectivity index (χ3v) is 4.24. The summed E-state index contributed by atoms with van der Waals surface area (Å²) in [5.41, 5.74) is 7.83. The van der Waals surface area contributed by atoms with Crippen LogP contribution in [0.2, 0.25) is 0 Å². The molecule has 140 valence electrons. The summed E-state index contributed by atoms with van der Waals surface area (Å²) >= 11 is 0. The number of nitrogens with zero attached hydrogens (tertiary/aromatic N) is 3. The number of benzene rings is 1. The van der Waals surface area contributed by atoms with Crippen molar-refractivity contribution in [3.63, 3.8) is 0 Å². The zero-order valence-corrected chi connectivity index (χ0v) is 15.4. The molecule has 3 rings (SSSR count). The molecule has 0 aliphatic heterocycles. The molecule has 1 aromatic carbocycles. The normalized spacial score (nSPS) is 13.3. The average Bonchev–Trinajstić information content (AvgIpc) is 3.17. The summed E-state index contributed by atoms with van der Waals surface area (Å²) in [6, 6.07) is 12.4. The van der Waals surface area contributed by atoms with Gasteiger partial charge in [0.2, 0.25) is 17.6 Å². The minimum Gasteiger partial charge on any atom is -0.344 e. The predicted octanol–water partition coefficient (Wildman–Crippen LogP) is 3.04. The maximum absolute atomic E-state index is 12.5. The SMILES string of the molecule is CC(C)C(NC(=O)CC(N)c1ccccc1)c1nc(-c2cccnc2)no1. The number of aromatic nitrogens is 3. The van der Waals surface area contributed by atoms with Crippen molar-refractivity contribution in [2.45, 2.75) is 32.4 Å². The lowest BCUT2D eigenvalue weighted by atomic mass is 10.0. The fraction of sp³-hybridized carbons (Fsp3) is 0.300. The number of hydrogen-bond donors (Lipinski definition) is 2. The summed E-state index contributed by atoms with van der Waals surface area (Å²) in [7, 11) is 0. The maximum atomic E-state index is 12.5. The molecule has 2 heterocycles. The molecule has 27 heavy (non-hydrogen) atoms. The van der Waals surface area contributed by atoms with E-state index in [1.807, 2.05) is 50.2 Å². The first-order chi connectivity index (χ1) is 13.0. The second-order valence-corrected chi connectivity index (χ2v) is 6.71. The van der Waals surface area contributed by atoms with E-state index < -0.39 is 6.04 Å². The molecule has 3 aromatic rings. The van der Waals surface area contributed by atoms with E-state index in [2.05, 4.69) is 20.4 Å². The molecule has 0 fully saturated rings. The van der Waals surface area contributed by atoms with Gasteiger partial charge in [-0.25, -0.2) is 0 Å². The Labute approximate surface area is 158 Å². The molecule has 1 amide bonds. The number of rotatable bonds is 7. The van der Waals surface area contributed by atoms with Crippen LogP contribution in [0.15, 0.2) is 59.4 Å². The lowest BCUT2D eigenvalue weighted by Crippen LogP contribution is -2.34. The molecule has 0 saturated carbocycles. The van der Waals surface area contributed by atoms with Crippen LogP contribution < -0.4 is 11.1 Å². The van der Waals surface area contributed by atoms with Crippen LogP contribution in [0, 0.1) is 5.92 Å². The molecular formula is C20H23N5O2. The van der Waals surface area contributed by atoms with Crippen LogP contribution in [0.3, 0.4) is 0 Å². The van der Waals surface area contributed by atoms with Gasteiger partial charge in [-0.15, -0.1) is 0 Å². The Kier molecular flexibility index (Phi) is 5.93. The molecule has 0 saturated heterocycles. The van der Waals surface area contributed by atoms with Gasteiger partial charge >= 0.3 is 0 Å². The Bertz CT molecular complexity index is 864. The van der Waals surface area contributed by atoms with E-state index in [1.54, 1.807) is 18.5 Å². The third-order valence-electron chi connectivity index (χ3n) is 4.24. The molecule has 2 atom stereocenters. The van der Waals surface area contributed by atoms with Crippen LogP contribution in [-0.2, 0) is 4.79 Å². The Hall–Kier alpha value is -3.06. The number of nitrogens with two attached hydrogens (primary N) is 1. The largest absolute Gasteiger partial charge is 0.344 e. The zero-order valence-electron chi connectivity index (χ0n) is 15.4. The summed E-state index contributed by atoms with van der Waals surface area (Å²) in [4.78, 5) is 21.0. The Morgan fingerprint density at radius 3 is 2.63 bits per heavy atom. The molecular weight excluding hydrogens is 342 g/mol. The van der Waals surface area contributed by atoms with Crippen LogP contribution in [0.1, 0.15) is 43.8 Å². The first-order valence-corrected chi connectivity index (χ1v) is 8.88. The van der Waals surface area contributed by atoms with Crippen LogP contribution >= 0.6 is 0 Å². The van der Waals surface area contributed by atoms with E-state index in [0.717, 1.165) is 11.1 Å². The van der Waals surface area contributed by atoms with Crippen molar-refractivity contribution >= 4 is 5.91 Å². The molecule has 3 N–H and O–H groups in total. The topological polar surface area (TPSA) is 107 Å². The number of amides is 1. The summed E-state index contributed by atoms with van der Waals surface area (Å²) in [5, 5.41) is 6.97. The van der Waals surface area contributed by atoms with E-state index in [9.17, 15) is 4.79 Å². The highest BCUT2D eigenvalue weighted by atomic mass is 16.5. The molecule has 0 aliphatic rings. The monoisotopic (exact) mass is 365 g/mol. The van der Waals surface area contributed by atoms with E-state index in [0.29, 0.717) is 11.7 Å². The van der Waals surface area contributed by atoms with Gasteiger partial charge < -0.3 is 15.6 Å². The molecule has 2 aromatic heterocycles. The van der Waals surface area contributed by atoms with Gasteiger partial charge in [-0.05, 0) is 23.6 Å². The average molecular weight is 365 g/mol. The minimum atomic E-state index is -0.390. The van der Waals surface area contributed by atoms with Gasteiger partial charge in [0, 0.05) is 30.4 Å². The smallest absolute Gasteiger partial charge is 0.249 e. The van der Waals surface area contributed by atoms with Crippen molar-refractivity contribution in [2.24, 2.45) is 11.7 Å². The molecule has 2 unspecified atom stereocenters. The van der Waals surface area contributed by atoms with E-state index >= 15 is 0 Å².